The Balaban J connectivity index is 2.44. The molecule has 0 N–H and O–H groups in total. The van der Waals surface area contributed by atoms with Gasteiger partial charge in [-0.3, -0.25) is 9.59 Å². The van der Waals surface area contributed by atoms with Gasteiger partial charge in [0.05, 0.1) is 11.3 Å². The Bertz CT molecular complexity index is 540. The summed E-state index contributed by atoms with van der Waals surface area (Å²) in [6.45, 7) is 4.60. The summed E-state index contributed by atoms with van der Waals surface area (Å²) in [5.74, 6) is -1.37. The minimum absolute atomic E-state index is 0.155. The molecular formula is C14H15BrFNO2. The van der Waals surface area contributed by atoms with E-state index in [0.717, 1.165) is 18.9 Å². The van der Waals surface area contributed by atoms with E-state index in [1.54, 1.807) is 0 Å². The minimum atomic E-state index is -0.624. The van der Waals surface area contributed by atoms with Crippen molar-refractivity contribution < 1.29 is 14.0 Å². The molecule has 1 aromatic carbocycles. The van der Waals surface area contributed by atoms with Crippen LogP contribution in [0.1, 0.15) is 37.0 Å². The zero-order chi connectivity index (χ0) is 14.2. The molecule has 0 aliphatic carbocycles. The maximum atomic E-state index is 13.3. The maximum Gasteiger partial charge on any atom is 0.299 e. The fraction of sp³-hybridized carbons (Fsp3) is 0.429. The summed E-state index contributed by atoms with van der Waals surface area (Å²) in [6.07, 6.45) is 1.87. The monoisotopic (exact) mass is 327 g/mol. The van der Waals surface area contributed by atoms with E-state index in [2.05, 4.69) is 29.8 Å². The topological polar surface area (TPSA) is 37.4 Å². The van der Waals surface area contributed by atoms with Gasteiger partial charge in [-0.1, -0.05) is 26.7 Å². The minimum Gasteiger partial charge on any atom is -0.303 e. The van der Waals surface area contributed by atoms with Crippen LogP contribution in [-0.4, -0.2) is 18.2 Å². The largest absolute Gasteiger partial charge is 0.303 e. The van der Waals surface area contributed by atoms with Gasteiger partial charge < -0.3 is 4.90 Å². The molecule has 0 unspecified atom stereocenters. The highest BCUT2D eigenvalue weighted by molar-refractivity contribution is 9.10. The molecule has 0 fully saturated rings. The first kappa shape index (κ1) is 14.2. The first-order chi connectivity index (χ1) is 8.99. The molecule has 1 amide bonds. The third kappa shape index (κ3) is 2.43. The third-order valence-corrected chi connectivity index (χ3v) is 4.18. The Morgan fingerprint density at radius 2 is 1.89 bits per heavy atom. The van der Waals surface area contributed by atoms with Crippen molar-refractivity contribution in [2.45, 2.75) is 26.7 Å². The quantitative estimate of drug-likeness (QED) is 0.793. The molecular weight excluding hydrogens is 313 g/mol. The third-order valence-electron chi connectivity index (χ3n) is 3.58. The van der Waals surface area contributed by atoms with E-state index in [9.17, 15) is 14.0 Å². The van der Waals surface area contributed by atoms with E-state index in [4.69, 9.17) is 0 Å². The number of halogens is 2. The number of carbonyl (C=O) groups is 2. The van der Waals surface area contributed by atoms with E-state index >= 15 is 0 Å². The second-order valence-electron chi connectivity index (χ2n) is 4.71. The zero-order valence-corrected chi connectivity index (χ0v) is 12.5. The average molecular weight is 328 g/mol. The molecule has 0 saturated carbocycles. The van der Waals surface area contributed by atoms with Crippen molar-refractivity contribution in [3.8, 4) is 0 Å². The van der Waals surface area contributed by atoms with Crippen LogP contribution in [0.3, 0.4) is 0 Å². The summed E-state index contributed by atoms with van der Waals surface area (Å²) in [4.78, 5) is 25.4. The molecule has 2 rings (SSSR count). The molecule has 1 aliphatic heterocycles. The Morgan fingerprint density at radius 1 is 1.26 bits per heavy atom. The van der Waals surface area contributed by atoms with E-state index in [1.807, 2.05) is 0 Å². The lowest BCUT2D eigenvalue weighted by atomic mass is 10.0. The second-order valence-corrected chi connectivity index (χ2v) is 5.57. The van der Waals surface area contributed by atoms with Crippen molar-refractivity contribution in [2.75, 3.05) is 11.4 Å². The van der Waals surface area contributed by atoms with Crippen molar-refractivity contribution in [3.63, 3.8) is 0 Å². The smallest absolute Gasteiger partial charge is 0.299 e. The highest BCUT2D eigenvalue weighted by Crippen LogP contribution is 2.37. The van der Waals surface area contributed by atoms with Gasteiger partial charge in [0, 0.05) is 11.0 Å². The van der Waals surface area contributed by atoms with Crippen molar-refractivity contribution in [1.29, 1.82) is 0 Å². The summed E-state index contributed by atoms with van der Waals surface area (Å²) in [7, 11) is 0. The number of rotatable bonds is 4. The van der Waals surface area contributed by atoms with Crippen molar-refractivity contribution in [1.82, 2.24) is 0 Å². The van der Waals surface area contributed by atoms with Gasteiger partial charge in [-0.25, -0.2) is 4.39 Å². The van der Waals surface area contributed by atoms with E-state index in [-0.39, 0.29) is 5.56 Å². The van der Waals surface area contributed by atoms with Crippen LogP contribution in [0.5, 0.6) is 0 Å². The Hall–Kier alpha value is -1.23. The van der Waals surface area contributed by atoms with Crippen molar-refractivity contribution in [3.05, 3.63) is 28.0 Å². The molecule has 0 saturated heterocycles. The van der Waals surface area contributed by atoms with Crippen LogP contribution in [0.15, 0.2) is 16.6 Å². The van der Waals surface area contributed by atoms with Crippen molar-refractivity contribution >= 4 is 33.3 Å². The lowest BCUT2D eigenvalue weighted by Gasteiger charge is -2.22. The molecule has 102 valence electrons. The number of nitrogens with zero attached hydrogens (tertiary/aromatic N) is 1. The molecule has 0 atom stereocenters. The first-order valence-electron chi connectivity index (χ1n) is 6.34. The van der Waals surface area contributed by atoms with Crippen molar-refractivity contribution in [2.24, 2.45) is 5.92 Å². The number of benzene rings is 1. The van der Waals surface area contributed by atoms with E-state index < -0.39 is 17.5 Å². The van der Waals surface area contributed by atoms with Gasteiger partial charge in [-0.05, 0) is 34.0 Å². The zero-order valence-electron chi connectivity index (χ0n) is 10.9. The number of hydrogen-bond donors (Lipinski definition) is 0. The Kier molecular flexibility index (Phi) is 4.04. The normalized spacial score (nSPS) is 14.5. The first-order valence-corrected chi connectivity index (χ1v) is 7.14. The van der Waals surface area contributed by atoms with E-state index in [1.165, 1.54) is 11.0 Å². The molecule has 1 heterocycles. The van der Waals surface area contributed by atoms with Gasteiger partial charge in [-0.2, -0.15) is 0 Å². The Labute approximate surface area is 119 Å². The SMILES string of the molecule is CCC(CC)CN1C(=O)C(=O)c2cc(F)cc(Br)c21. The van der Waals surface area contributed by atoms with Gasteiger partial charge in [0.25, 0.3) is 11.7 Å². The van der Waals surface area contributed by atoms with Crippen LogP contribution < -0.4 is 4.90 Å². The van der Waals surface area contributed by atoms with Crippen LogP contribution in [0.2, 0.25) is 0 Å². The summed E-state index contributed by atoms with van der Waals surface area (Å²) in [6, 6.07) is 2.41. The standard InChI is InChI=1S/C14H15BrFNO2/c1-3-8(4-2)7-17-12-10(13(18)14(17)19)5-9(16)6-11(12)15/h5-6,8H,3-4,7H2,1-2H3. The number of anilines is 1. The highest BCUT2D eigenvalue weighted by atomic mass is 79.9. The lowest BCUT2D eigenvalue weighted by Crippen LogP contribution is -2.34. The molecule has 0 aromatic heterocycles. The summed E-state index contributed by atoms with van der Waals surface area (Å²) in [5.41, 5.74) is 0.658. The predicted octanol–water partition coefficient (Wildman–Crippen LogP) is 3.55. The van der Waals surface area contributed by atoms with Gasteiger partial charge in [0.2, 0.25) is 0 Å². The number of ketones is 1. The molecule has 1 aromatic rings. The molecule has 0 bridgehead atoms. The molecule has 5 heteroatoms. The van der Waals surface area contributed by atoms with Crippen LogP contribution >= 0.6 is 15.9 Å². The molecule has 0 radical (unpaired) electrons. The predicted molar refractivity (Wildman–Crippen MR) is 74.9 cm³/mol. The number of amides is 1. The second kappa shape index (κ2) is 5.41. The lowest BCUT2D eigenvalue weighted by molar-refractivity contribution is -0.114. The molecule has 0 spiro atoms. The summed E-state index contributed by atoms with van der Waals surface area (Å²) >= 11 is 3.24. The molecule has 3 nitrogen and oxygen atoms in total. The van der Waals surface area contributed by atoms with Crippen LogP contribution in [0.25, 0.3) is 0 Å². The van der Waals surface area contributed by atoms with Gasteiger partial charge in [0.1, 0.15) is 5.82 Å². The fourth-order valence-electron chi connectivity index (χ4n) is 2.33. The van der Waals surface area contributed by atoms with Crippen LogP contribution in [0.4, 0.5) is 10.1 Å². The highest BCUT2D eigenvalue weighted by Gasteiger charge is 2.38. The van der Waals surface area contributed by atoms with Crippen LogP contribution in [0, 0.1) is 11.7 Å². The average Bonchev–Trinajstić information content (AvgIpc) is 2.61. The van der Waals surface area contributed by atoms with E-state index in [0.29, 0.717) is 22.6 Å². The number of hydrogen-bond acceptors (Lipinski definition) is 2. The molecule has 1 aliphatic rings. The fourth-order valence-corrected chi connectivity index (χ4v) is 2.98. The summed E-state index contributed by atoms with van der Waals surface area (Å²) < 4.78 is 13.8. The number of carbonyl (C=O) groups excluding carboxylic acids is 2. The number of fused-ring (bicyclic) bond motifs is 1. The number of Topliss-reactive ketones (excluding diaryl/α,β-unsaturated/α-hetero) is 1. The van der Waals surface area contributed by atoms with Crippen LogP contribution in [-0.2, 0) is 4.79 Å². The summed E-state index contributed by atoms with van der Waals surface area (Å²) in [5, 5.41) is 0. The van der Waals surface area contributed by atoms with Gasteiger partial charge in [-0.15, -0.1) is 0 Å². The molecule has 19 heavy (non-hydrogen) atoms. The van der Waals surface area contributed by atoms with Gasteiger partial charge in [0.15, 0.2) is 0 Å². The maximum absolute atomic E-state index is 13.3. The van der Waals surface area contributed by atoms with Gasteiger partial charge >= 0.3 is 0 Å². The Morgan fingerprint density at radius 3 is 2.47 bits per heavy atom.